The number of hydrogen-bond acceptors (Lipinski definition) is 2. The zero-order valence-electron chi connectivity index (χ0n) is 12.6. The van der Waals surface area contributed by atoms with Crippen molar-refractivity contribution in [3.05, 3.63) is 63.9 Å². The topological polar surface area (TPSA) is 32.3 Å². The maximum atomic E-state index is 13.1. The highest BCUT2D eigenvalue weighted by molar-refractivity contribution is 9.10. The van der Waals surface area contributed by atoms with E-state index >= 15 is 0 Å². The number of likely N-dealkylation sites (N-methyl/N-ethyl adjacent to an activating group) is 1. The predicted octanol–water partition coefficient (Wildman–Crippen LogP) is 3.97. The summed E-state index contributed by atoms with van der Waals surface area (Å²) in [5.74, 6) is -0.360. The summed E-state index contributed by atoms with van der Waals surface area (Å²) in [5, 5.41) is 2.86. The Kier molecular flexibility index (Phi) is 5.69. The van der Waals surface area contributed by atoms with Gasteiger partial charge in [0.05, 0.1) is 6.54 Å². The Hall–Kier alpha value is -1.72. The maximum absolute atomic E-state index is 13.1. The highest BCUT2D eigenvalue weighted by Gasteiger charge is 2.08. The Labute approximate surface area is 138 Å². The van der Waals surface area contributed by atoms with E-state index in [0.717, 1.165) is 21.3 Å². The van der Waals surface area contributed by atoms with E-state index < -0.39 is 0 Å². The van der Waals surface area contributed by atoms with Crippen LogP contribution in [0.15, 0.2) is 46.9 Å². The second-order valence-electron chi connectivity index (χ2n) is 5.31. The van der Waals surface area contributed by atoms with Crippen LogP contribution in [0.5, 0.6) is 0 Å². The van der Waals surface area contributed by atoms with Gasteiger partial charge in [-0.3, -0.25) is 9.69 Å². The van der Waals surface area contributed by atoms with Crippen molar-refractivity contribution >= 4 is 27.5 Å². The minimum absolute atomic E-state index is 0.0966. The van der Waals surface area contributed by atoms with Crippen LogP contribution in [0.2, 0.25) is 0 Å². The Morgan fingerprint density at radius 3 is 2.73 bits per heavy atom. The normalized spacial score (nSPS) is 10.8. The van der Waals surface area contributed by atoms with Gasteiger partial charge in [-0.25, -0.2) is 4.39 Å². The van der Waals surface area contributed by atoms with E-state index in [9.17, 15) is 9.18 Å². The molecule has 0 aliphatic rings. The van der Waals surface area contributed by atoms with Gasteiger partial charge in [0.1, 0.15) is 5.82 Å². The van der Waals surface area contributed by atoms with Crippen LogP contribution in [0.4, 0.5) is 10.1 Å². The van der Waals surface area contributed by atoms with Crippen LogP contribution in [-0.4, -0.2) is 24.4 Å². The van der Waals surface area contributed by atoms with Crippen LogP contribution in [-0.2, 0) is 11.3 Å². The summed E-state index contributed by atoms with van der Waals surface area (Å²) in [6.07, 6.45) is 0. The molecule has 116 valence electrons. The molecule has 1 N–H and O–H groups in total. The SMILES string of the molecule is Cc1cc(NC(=O)CN(C)Cc2cccc(F)c2)ccc1Br. The number of halogens is 2. The quantitative estimate of drug-likeness (QED) is 0.870. The lowest BCUT2D eigenvalue weighted by molar-refractivity contribution is -0.117. The number of amides is 1. The Balaban J connectivity index is 1.89. The van der Waals surface area contributed by atoms with Gasteiger partial charge in [0.15, 0.2) is 0 Å². The average Bonchev–Trinajstić information content (AvgIpc) is 2.42. The highest BCUT2D eigenvalue weighted by Crippen LogP contribution is 2.20. The van der Waals surface area contributed by atoms with Crippen molar-refractivity contribution in [1.29, 1.82) is 0 Å². The lowest BCUT2D eigenvalue weighted by Crippen LogP contribution is -2.29. The summed E-state index contributed by atoms with van der Waals surface area (Å²) < 4.78 is 14.1. The molecule has 1 amide bonds. The van der Waals surface area contributed by atoms with E-state index in [-0.39, 0.29) is 18.3 Å². The van der Waals surface area contributed by atoms with E-state index in [1.807, 2.05) is 43.1 Å². The predicted molar refractivity (Wildman–Crippen MR) is 90.2 cm³/mol. The summed E-state index contributed by atoms with van der Waals surface area (Å²) >= 11 is 3.43. The molecule has 0 aliphatic carbocycles. The fraction of sp³-hybridized carbons (Fsp3) is 0.235. The Morgan fingerprint density at radius 1 is 1.27 bits per heavy atom. The number of anilines is 1. The van der Waals surface area contributed by atoms with Crippen LogP contribution in [0.3, 0.4) is 0 Å². The second-order valence-corrected chi connectivity index (χ2v) is 6.17. The van der Waals surface area contributed by atoms with Gasteiger partial charge in [-0.2, -0.15) is 0 Å². The van der Waals surface area contributed by atoms with Crippen LogP contribution < -0.4 is 5.32 Å². The molecule has 2 aromatic rings. The smallest absolute Gasteiger partial charge is 0.238 e. The van der Waals surface area contributed by atoms with E-state index in [1.54, 1.807) is 6.07 Å². The van der Waals surface area contributed by atoms with Crippen LogP contribution in [0.25, 0.3) is 0 Å². The van der Waals surface area contributed by atoms with Gasteiger partial charge in [-0.05, 0) is 55.4 Å². The average molecular weight is 365 g/mol. The molecule has 0 unspecified atom stereocenters. The van der Waals surface area contributed by atoms with Crippen molar-refractivity contribution in [3.8, 4) is 0 Å². The molecule has 0 radical (unpaired) electrons. The number of aryl methyl sites for hydroxylation is 1. The first kappa shape index (κ1) is 16.6. The molecule has 2 aromatic carbocycles. The molecule has 2 rings (SSSR count). The van der Waals surface area contributed by atoms with Gasteiger partial charge in [0.25, 0.3) is 0 Å². The van der Waals surface area contributed by atoms with Crippen LogP contribution in [0, 0.1) is 12.7 Å². The van der Waals surface area contributed by atoms with Crippen molar-refractivity contribution < 1.29 is 9.18 Å². The number of benzene rings is 2. The minimum Gasteiger partial charge on any atom is -0.325 e. The number of carbonyl (C=O) groups excluding carboxylic acids is 1. The molecule has 0 atom stereocenters. The van der Waals surface area contributed by atoms with E-state index in [4.69, 9.17) is 0 Å². The number of rotatable bonds is 5. The highest BCUT2D eigenvalue weighted by atomic mass is 79.9. The molecule has 0 bridgehead atoms. The van der Waals surface area contributed by atoms with Crippen LogP contribution in [0.1, 0.15) is 11.1 Å². The van der Waals surface area contributed by atoms with Crippen molar-refractivity contribution in [2.45, 2.75) is 13.5 Å². The molecule has 0 aromatic heterocycles. The number of hydrogen-bond donors (Lipinski definition) is 1. The molecule has 0 saturated carbocycles. The first-order valence-electron chi connectivity index (χ1n) is 6.93. The van der Waals surface area contributed by atoms with Crippen molar-refractivity contribution in [2.24, 2.45) is 0 Å². The monoisotopic (exact) mass is 364 g/mol. The fourth-order valence-corrected chi connectivity index (χ4v) is 2.42. The first-order valence-corrected chi connectivity index (χ1v) is 7.72. The fourth-order valence-electron chi connectivity index (χ4n) is 2.17. The molecule has 3 nitrogen and oxygen atoms in total. The zero-order valence-corrected chi connectivity index (χ0v) is 14.2. The first-order chi connectivity index (χ1) is 10.4. The van der Waals surface area contributed by atoms with Gasteiger partial charge in [-0.15, -0.1) is 0 Å². The molecule has 5 heteroatoms. The van der Waals surface area contributed by atoms with Gasteiger partial charge >= 0.3 is 0 Å². The summed E-state index contributed by atoms with van der Waals surface area (Å²) in [7, 11) is 1.83. The molecular weight excluding hydrogens is 347 g/mol. The standard InChI is InChI=1S/C17H18BrFN2O/c1-12-8-15(6-7-16(12)18)20-17(22)11-21(2)10-13-4-3-5-14(19)9-13/h3-9H,10-11H2,1-2H3,(H,20,22). The van der Waals surface area contributed by atoms with Crippen molar-refractivity contribution in [2.75, 3.05) is 18.9 Å². The lowest BCUT2D eigenvalue weighted by atomic mass is 10.2. The van der Waals surface area contributed by atoms with Gasteiger partial charge in [-0.1, -0.05) is 28.1 Å². The third-order valence-corrected chi connectivity index (χ3v) is 4.09. The number of carbonyl (C=O) groups is 1. The third kappa shape index (κ3) is 4.93. The zero-order chi connectivity index (χ0) is 16.1. The molecule has 22 heavy (non-hydrogen) atoms. The number of nitrogens with one attached hydrogen (secondary N) is 1. The van der Waals surface area contributed by atoms with Gasteiger partial charge in [0.2, 0.25) is 5.91 Å². The van der Waals surface area contributed by atoms with E-state index in [1.165, 1.54) is 12.1 Å². The summed E-state index contributed by atoms with van der Waals surface area (Å²) in [6.45, 7) is 2.73. The van der Waals surface area contributed by atoms with Crippen LogP contribution >= 0.6 is 15.9 Å². The molecule has 0 saturated heterocycles. The van der Waals surface area contributed by atoms with Gasteiger partial charge in [0, 0.05) is 16.7 Å². The van der Waals surface area contributed by atoms with Crippen molar-refractivity contribution in [1.82, 2.24) is 4.90 Å². The lowest BCUT2D eigenvalue weighted by Gasteiger charge is -2.16. The summed E-state index contributed by atoms with van der Waals surface area (Å²) in [4.78, 5) is 13.9. The Bertz CT molecular complexity index is 675. The third-order valence-electron chi connectivity index (χ3n) is 3.20. The largest absolute Gasteiger partial charge is 0.325 e. The summed E-state index contributed by atoms with van der Waals surface area (Å²) in [6, 6.07) is 12.1. The minimum atomic E-state index is -0.263. The number of nitrogens with zero attached hydrogens (tertiary/aromatic N) is 1. The molecule has 0 spiro atoms. The molecule has 0 fully saturated rings. The van der Waals surface area contributed by atoms with Gasteiger partial charge < -0.3 is 5.32 Å². The van der Waals surface area contributed by atoms with Crippen molar-refractivity contribution in [3.63, 3.8) is 0 Å². The van der Waals surface area contributed by atoms with E-state index in [0.29, 0.717) is 6.54 Å². The Morgan fingerprint density at radius 2 is 2.05 bits per heavy atom. The summed E-state index contributed by atoms with van der Waals surface area (Å²) in [5.41, 5.74) is 2.67. The molecule has 0 heterocycles. The second kappa shape index (κ2) is 7.51. The van der Waals surface area contributed by atoms with E-state index in [2.05, 4.69) is 21.2 Å². The molecular formula is C17H18BrFN2O. The maximum Gasteiger partial charge on any atom is 0.238 e. The molecule has 0 aliphatic heterocycles.